The molecule has 1 amide bonds. The van der Waals surface area contributed by atoms with E-state index in [0.717, 1.165) is 5.69 Å². The van der Waals surface area contributed by atoms with Crippen molar-refractivity contribution in [1.82, 2.24) is 14.9 Å². The number of hydrogen-bond acceptors (Lipinski definition) is 3. The van der Waals surface area contributed by atoms with Gasteiger partial charge in [0, 0.05) is 30.2 Å². The number of amides is 1. The van der Waals surface area contributed by atoms with Crippen LogP contribution in [-0.2, 0) is 0 Å². The molecule has 1 aromatic carbocycles. The molecule has 0 fully saturated rings. The van der Waals surface area contributed by atoms with Gasteiger partial charge in [-0.25, -0.2) is 4.98 Å². The molecule has 0 saturated carbocycles. The molecule has 1 aromatic heterocycles. The second kappa shape index (κ2) is 8.91. The molecule has 128 valence electrons. The van der Waals surface area contributed by atoms with E-state index in [-0.39, 0.29) is 36.6 Å². The Morgan fingerprint density at radius 1 is 1.30 bits per heavy atom. The van der Waals surface area contributed by atoms with E-state index in [4.69, 9.17) is 5.73 Å². The summed E-state index contributed by atoms with van der Waals surface area (Å²) in [6, 6.07) is 7.40. The first-order valence-electron chi connectivity index (χ1n) is 7.07. The van der Waals surface area contributed by atoms with Crippen LogP contribution in [0.25, 0.3) is 5.69 Å². The number of rotatable bonds is 5. The van der Waals surface area contributed by atoms with Crippen LogP contribution in [0.1, 0.15) is 31.1 Å². The molecule has 1 unspecified atom stereocenters. The van der Waals surface area contributed by atoms with E-state index in [1.165, 1.54) is 0 Å². The first-order chi connectivity index (χ1) is 9.96. The smallest absolute Gasteiger partial charge is 0.251 e. The summed E-state index contributed by atoms with van der Waals surface area (Å²) in [6.45, 7) is 6.48. The van der Waals surface area contributed by atoms with Crippen molar-refractivity contribution >= 4 is 30.7 Å². The number of benzene rings is 1. The molecule has 0 spiro atoms. The maximum atomic E-state index is 12.3. The van der Waals surface area contributed by atoms with Gasteiger partial charge < -0.3 is 15.6 Å². The fourth-order valence-corrected chi connectivity index (χ4v) is 1.96. The van der Waals surface area contributed by atoms with Crippen LogP contribution in [0.4, 0.5) is 0 Å². The van der Waals surface area contributed by atoms with Crippen molar-refractivity contribution < 1.29 is 4.79 Å². The number of imidazole rings is 1. The molecule has 1 atom stereocenters. The van der Waals surface area contributed by atoms with Gasteiger partial charge in [0.05, 0.1) is 11.9 Å². The minimum Gasteiger partial charge on any atom is -0.345 e. The molecule has 0 aliphatic heterocycles. The summed E-state index contributed by atoms with van der Waals surface area (Å²) in [5, 5.41) is 3.03. The number of hydrogen-bond donors (Lipinski definition) is 2. The Morgan fingerprint density at radius 3 is 2.35 bits per heavy atom. The predicted molar refractivity (Wildman–Crippen MR) is 97.8 cm³/mol. The largest absolute Gasteiger partial charge is 0.345 e. The Labute approximate surface area is 149 Å². The molecule has 2 aromatic rings. The van der Waals surface area contributed by atoms with Crippen molar-refractivity contribution in [2.75, 3.05) is 6.54 Å². The van der Waals surface area contributed by atoms with Crippen LogP contribution < -0.4 is 11.1 Å². The minimum absolute atomic E-state index is 0. The summed E-state index contributed by atoms with van der Waals surface area (Å²) in [7, 11) is 0. The van der Waals surface area contributed by atoms with Gasteiger partial charge in [0.1, 0.15) is 0 Å². The van der Waals surface area contributed by atoms with Crippen molar-refractivity contribution in [2.45, 2.75) is 26.3 Å². The van der Waals surface area contributed by atoms with Crippen molar-refractivity contribution in [1.29, 1.82) is 0 Å². The monoisotopic (exact) mass is 358 g/mol. The molecular weight excluding hydrogens is 335 g/mol. The van der Waals surface area contributed by atoms with Gasteiger partial charge >= 0.3 is 0 Å². The molecule has 7 heteroatoms. The molecule has 0 radical (unpaired) electrons. The highest BCUT2D eigenvalue weighted by atomic mass is 35.5. The zero-order valence-corrected chi connectivity index (χ0v) is 15.2. The molecule has 0 saturated heterocycles. The van der Waals surface area contributed by atoms with E-state index >= 15 is 0 Å². The second-order valence-electron chi connectivity index (χ2n) is 5.75. The number of nitrogens with zero attached hydrogens (tertiary/aromatic N) is 2. The number of carbonyl (C=O) groups excluding carboxylic acids is 1. The van der Waals surface area contributed by atoms with Gasteiger partial charge in [-0.05, 0) is 37.1 Å². The van der Waals surface area contributed by atoms with Crippen LogP contribution in [0.2, 0.25) is 0 Å². The van der Waals surface area contributed by atoms with Crippen LogP contribution in [0.15, 0.2) is 43.0 Å². The van der Waals surface area contributed by atoms with Gasteiger partial charge in [-0.2, -0.15) is 0 Å². The second-order valence-corrected chi connectivity index (χ2v) is 5.75. The lowest BCUT2D eigenvalue weighted by atomic mass is 9.88. The van der Waals surface area contributed by atoms with Crippen LogP contribution >= 0.6 is 24.8 Å². The zero-order chi connectivity index (χ0) is 15.5. The van der Waals surface area contributed by atoms with E-state index < -0.39 is 5.54 Å². The molecule has 0 bridgehead atoms. The zero-order valence-electron chi connectivity index (χ0n) is 13.5. The minimum atomic E-state index is -0.403. The number of carbonyl (C=O) groups is 1. The first kappa shape index (κ1) is 21.4. The summed E-state index contributed by atoms with van der Waals surface area (Å²) >= 11 is 0. The number of nitrogens with one attached hydrogen (secondary N) is 1. The van der Waals surface area contributed by atoms with Crippen LogP contribution in [0.5, 0.6) is 0 Å². The number of nitrogens with two attached hydrogens (primary N) is 1. The third kappa shape index (κ3) is 4.96. The van der Waals surface area contributed by atoms with Gasteiger partial charge in [-0.1, -0.05) is 13.8 Å². The lowest BCUT2D eigenvalue weighted by Crippen LogP contribution is -2.55. The Bertz CT molecular complexity index is 599. The van der Waals surface area contributed by atoms with E-state index in [1.54, 1.807) is 12.5 Å². The van der Waals surface area contributed by atoms with Gasteiger partial charge in [0.2, 0.25) is 0 Å². The average Bonchev–Trinajstić information content (AvgIpc) is 3.01. The maximum absolute atomic E-state index is 12.3. The molecule has 2 rings (SSSR count). The third-order valence-corrected chi connectivity index (χ3v) is 4.03. The van der Waals surface area contributed by atoms with Gasteiger partial charge in [0.15, 0.2) is 0 Å². The normalized spacial score (nSPS) is 12.7. The Morgan fingerprint density at radius 2 is 1.91 bits per heavy atom. The average molecular weight is 359 g/mol. The van der Waals surface area contributed by atoms with Crippen molar-refractivity contribution in [3.8, 4) is 5.69 Å². The Hall–Kier alpha value is -1.56. The molecule has 5 nitrogen and oxygen atoms in total. The topological polar surface area (TPSA) is 72.9 Å². The molecule has 0 aliphatic rings. The molecular formula is C16H24Cl2N4O. The standard InChI is InChI=1S/C16H22N4O.2ClH/c1-12(2)16(3,10-17)19-15(21)13-4-6-14(7-5-13)20-9-8-18-11-20;;/h4-9,11-12H,10,17H2,1-3H3,(H,19,21);2*1H. The quantitative estimate of drug-likeness (QED) is 0.862. The maximum Gasteiger partial charge on any atom is 0.251 e. The van der Waals surface area contributed by atoms with Crippen molar-refractivity contribution in [3.05, 3.63) is 48.5 Å². The molecule has 3 N–H and O–H groups in total. The number of halogens is 2. The van der Waals surface area contributed by atoms with Crippen LogP contribution in [0.3, 0.4) is 0 Å². The van der Waals surface area contributed by atoms with E-state index in [0.29, 0.717) is 12.1 Å². The summed E-state index contributed by atoms with van der Waals surface area (Å²) in [5.41, 5.74) is 6.99. The van der Waals surface area contributed by atoms with Gasteiger partial charge in [-0.15, -0.1) is 24.8 Å². The van der Waals surface area contributed by atoms with Crippen molar-refractivity contribution in [3.63, 3.8) is 0 Å². The highest BCUT2D eigenvalue weighted by molar-refractivity contribution is 5.94. The Balaban J connectivity index is 0.00000242. The van der Waals surface area contributed by atoms with Gasteiger partial charge in [-0.3, -0.25) is 4.79 Å². The fraction of sp³-hybridized carbons (Fsp3) is 0.375. The summed E-state index contributed by atoms with van der Waals surface area (Å²) in [6.07, 6.45) is 5.30. The van der Waals surface area contributed by atoms with Gasteiger partial charge in [0.25, 0.3) is 5.91 Å². The van der Waals surface area contributed by atoms with Crippen LogP contribution in [-0.4, -0.2) is 27.5 Å². The van der Waals surface area contributed by atoms with E-state index in [1.807, 2.05) is 42.0 Å². The lowest BCUT2D eigenvalue weighted by molar-refractivity contribution is 0.0883. The molecule has 0 aliphatic carbocycles. The molecule has 23 heavy (non-hydrogen) atoms. The summed E-state index contributed by atoms with van der Waals surface area (Å²) in [4.78, 5) is 16.3. The SMILES string of the molecule is CC(C)C(C)(CN)NC(=O)c1ccc(-n2ccnc2)cc1.Cl.Cl. The van der Waals surface area contributed by atoms with E-state index in [9.17, 15) is 4.79 Å². The predicted octanol–water partition coefficient (Wildman–Crippen LogP) is 2.82. The highest BCUT2D eigenvalue weighted by Gasteiger charge is 2.28. The lowest BCUT2D eigenvalue weighted by Gasteiger charge is -2.33. The Kier molecular flexibility index (Phi) is 8.31. The summed E-state index contributed by atoms with van der Waals surface area (Å²) in [5.74, 6) is 0.158. The fourth-order valence-electron chi connectivity index (χ4n) is 1.96. The third-order valence-electron chi connectivity index (χ3n) is 4.03. The molecule has 1 heterocycles. The first-order valence-corrected chi connectivity index (χ1v) is 7.07. The van der Waals surface area contributed by atoms with Crippen LogP contribution in [0, 0.1) is 5.92 Å². The highest BCUT2D eigenvalue weighted by Crippen LogP contribution is 2.16. The van der Waals surface area contributed by atoms with Crippen molar-refractivity contribution in [2.24, 2.45) is 11.7 Å². The number of aromatic nitrogens is 2. The summed E-state index contributed by atoms with van der Waals surface area (Å²) < 4.78 is 1.89. The van der Waals surface area contributed by atoms with E-state index in [2.05, 4.69) is 24.1 Å².